The lowest BCUT2D eigenvalue weighted by Crippen LogP contribution is -2.33. The first-order chi connectivity index (χ1) is 9.08. The molecule has 112 valence electrons. The molecule has 2 N–H and O–H groups in total. The van der Waals surface area contributed by atoms with E-state index in [4.69, 9.17) is 11.6 Å². The van der Waals surface area contributed by atoms with Gasteiger partial charge in [0.2, 0.25) is 5.91 Å². The van der Waals surface area contributed by atoms with Crippen LogP contribution in [-0.2, 0) is 4.79 Å². The molecule has 0 spiro atoms. The average Bonchev–Trinajstić information content (AvgIpc) is 2.81. The Balaban J connectivity index is 0.00000200. The topological polar surface area (TPSA) is 41.1 Å². The van der Waals surface area contributed by atoms with Gasteiger partial charge >= 0.3 is 0 Å². The van der Waals surface area contributed by atoms with Crippen molar-refractivity contribution in [2.24, 2.45) is 0 Å². The normalized spacial score (nSPS) is 19.2. The minimum Gasteiger partial charge on any atom is -0.349 e. The number of nitrogens with one attached hydrogen (secondary N) is 2. The van der Waals surface area contributed by atoms with E-state index in [-0.39, 0.29) is 30.2 Å². The molecule has 2 atom stereocenters. The van der Waals surface area contributed by atoms with Crippen molar-refractivity contribution < 1.29 is 9.18 Å². The second-order valence-corrected chi connectivity index (χ2v) is 5.33. The summed E-state index contributed by atoms with van der Waals surface area (Å²) in [5, 5.41) is 6.40. The first kappa shape index (κ1) is 17.2. The van der Waals surface area contributed by atoms with E-state index in [1.165, 1.54) is 6.07 Å². The third-order valence-corrected chi connectivity index (χ3v) is 3.73. The molecule has 3 nitrogen and oxygen atoms in total. The summed E-state index contributed by atoms with van der Waals surface area (Å²) in [6.45, 7) is 2.71. The molecule has 20 heavy (non-hydrogen) atoms. The molecule has 1 aliphatic heterocycles. The molecule has 1 saturated heterocycles. The highest BCUT2D eigenvalue weighted by molar-refractivity contribution is 6.31. The fourth-order valence-corrected chi connectivity index (χ4v) is 2.78. The van der Waals surface area contributed by atoms with Crippen molar-refractivity contribution in [1.82, 2.24) is 10.6 Å². The standard InChI is InChI=1S/C14H18ClFN2O.ClH/c1-9(14-11(15)5-2-6-12(14)16)18-13(19)8-10-4-3-7-17-10;/h2,5-6,9-10,17H,3-4,7-8H2,1H3,(H,18,19);1H. The van der Waals surface area contributed by atoms with Crippen LogP contribution in [0.3, 0.4) is 0 Å². The molecule has 6 heteroatoms. The zero-order chi connectivity index (χ0) is 13.8. The zero-order valence-electron chi connectivity index (χ0n) is 11.3. The number of rotatable bonds is 4. The predicted molar refractivity (Wildman–Crippen MR) is 80.9 cm³/mol. The molecule has 1 aromatic carbocycles. The van der Waals surface area contributed by atoms with E-state index >= 15 is 0 Å². The van der Waals surface area contributed by atoms with Gasteiger partial charge in [-0.1, -0.05) is 17.7 Å². The van der Waals surface area contributed by atoms with Crippen LogP contribution in [-0.4, -0.2) is 18.5 Å². The summed E-state index contributed by atoms with van der Waals surface area (Å²) in [5.41, 5.74) is 0.344. The number of amides is 1. The van der Waals surface area contributed by atoms with Gasteiger partial charge in [-0.05, 0) is 38.4 Å². The molecule has 0 radical (unpaired) electrons. The molecule has 1 amide bonds. The fraction of sp³-hybridized carbons (Fsp3) is 0.500. The first-order valence-electron chi connectivity index (χ1n) is 6.54. The maximum atomic E-state index is 13.7. The van der Waals surface area contributed by atoms with Crippen LogP contribution in [0.25, 0.3) is 0 Å². The Hall–Kier alpha value is -0.840. The summed E-state index contributed by atoms with van der Waals surface area (Å²) in [6, 6.07) is 4.34. The van der Waals surface area contributed by atoms with Crippen molar-refractivity contribution in [3.05, 3.63) is 34.6 Å². The summed E-state index contributed by atoms with van der Waals surface area (Å²) in [4.78, 5) is 11.9. The lowest BCUT2D eigenvalue weighted by Gasteiger charge is -2.18. The third kappa shape index (κ3) is 4.33. The molecule has 1 fully saturated rings. The summed E-state index contributed by atoms with van der Waals surface area (Å²) in [5.74, 6) is -0.467. The van der Waals surface area contributed by atoms with E-state index in [0.717, 1.165) is 19.4 Å². The highest BCUT2D eigenvalue weighted by Crippen LogP contribution is 2.25. The molecule has 0 aromatic heterocycles. The van der Waals surface area contributed by atoms with Gasteiger partial charge in [0.1, 0.15) is 5.82 Å². The Morgan fingerprint density at radius 3 is 2.95 bits per heavy atom. The number of halogens is 3. The van der Waals surface area contributed by atoms with Gasteiger partial charge < -0.3 is 10.6 Å². The van der Waals surface area contributed by atoms with Crippen LogP contribution in [0.4, 0.5) is 4.39 Å². The van der Waals surface area contributed by atoms with Gasteiger partial charge in [0.05, 0.1) is 6.04 Å². The van der Waals surface area contributed by atoms with Crippen molar-refractivity contribution in [2.45, 2.75) is 38.3 Å². The van der Waals surface area contributed by atoms with Crippen LogP contribution < -0.4 is 10.6 Å². The smallest absolute Gasteiger partial charge is 0.222 e. The number of hydrogen-bond donors (Lipinski definition) is 2. The van der Waals surface area contributed by atoms with E-state index < -0.39 is 6.04 Å². The molecule has 0 bridgehead atoms. The third-order valence-electron chi connectivity index (χ3n) is 3.40. The molecule has 1 aliphatic rings. The van der Waals surface area contributed by atoms with Crippen LogP contribution in [0.15, 0.2) is 18.2 Å². The van der Waals surface area contributed by atoms with E-state index in [0.29, 0.717) is 17.0 Å². The molecule has 0 aliphatic carbocycles. The Labute approximate surface area is 129 Å². The van der Waals surface area contributed by atoms with Crippen molar-refractivity contribution in [3.8, 4) is 0 Å². The van der Waals surface area contributed by atoms with E-state index in [2.05, 4.69) is 10.6 Å². The molecule has 0 saturated carbocycles. The van der Waals surface area contributed by atoms with E-state index in [1.807, 2.05) is 0 Å². The van der Waals surface area contributed by atoms with Crippen molar-refractivity contribution >= 4 is 29.9 Å². The van der Waals surface area contributed by atoms with Crippen molar-refractivity contribution in [1.29, 1.82) is 0 Å². The molecule has 2 rings (SSSR count). The van der Waals surface area contributed by atoms with Crippen LogP contribution >= 0.6 is 24.0 Å². The maximum absolute atomic E-state index is 13.7. The molecular weight excluding hydrogens is 302 g/mol. The minimum absolute atomic E-state index is 0. The average molecular weight is 321 g/mol. The number of hydrogen-bond acceptors (Lipinski definition) is 2. The molecule has 1 aromatic rings. The van der Waals surface area contributed by atoms with Gasteiger partial charge in [-0.2, -0.15) is 0 Å². The van der Waals surface area contributed by atoms with Gasteiger partial charge in [0.15, 0.2) is 0 Å². The van der Waals surface area contributed by atoms with Crippen LogP contribution in [0.5, 0.6) is 0 Å². The molecular formula is C14H19Cl2FN2O. The predicted octanol–water partition coefficient (Wildman–Crippen LogP) is 3.22. The number of benzene rings is 1. The lowest BCUT2D eigenvalue weighted by molar-refractivity contribution is -0.122. The molecule has 2 unspecified atom stereocenters. The zero-order valence-corrected chi connectivity index (χ0v) is 12.9. The number of carbonyl (C=O) groups excluding carboxylic acids is 1. The van der Waals surface area contributed by atoms with Gasteiger partial charge in [0, 0.05) is 23.0 Å². The van der Waals surface area contributed by atoms with Crippen LogP contribution in [0.2, 0.25) is 5.02 Å². The fourth-order valence-electron chi connectivity index (χ4n) is 2.45. The number of carbonyl (C=O) groups is 1. The van der Waals surface area contributed by atoms with E-state index in [9.17, 15) is 9.18 Å². The monoisotopic (exact) mass is 320 g/mol. The molecule has 1 heterocycles. The second-order valence-electron chi connectivity index (χ2n) is 4.92. The largest absolute Gasteiger partial charge is 0.349 e. The summed E-state index contributed by atoms with van der Waals surface area (Å²) in [7, 11) is 0. The second kappa shape index (κ2) is 7.81. The maximum Gasteiger partial charge on any atom is 0.222 e. The van der Waals surface area contributed by atoms with E-state index in [1.54, 1.807) is 19.1 Å². The van der Waals surface area contributed by atoms with Gasteiger partial charge in [-0.15, -0.1) is 12.4 Å². The highest BCUT2D eigenvalue weighted by Gasteiger charge is 2.21. The van der Waals surface area contributed by atoms with Gasteiger partial charge in [-0.25, -0.2) is 4.39 Å². The summed E-state index contributed by atoms with van der Waals surface area (Å²) in [6.07, 6.45) is 2.55. The Morgan fingerprint density at radius 1 is 1.60 bits per heavy atom. The van der Waals surface area contributed by atoms with Crippen molar-refractivity contribution in [3.63, 3.8) is 0 Å². The summed E-state index contributed by atoms with van der Waals surface area (Å²) < 4.78 is 13.7. The first-order valence-corrected chi connectivity index (χ1v) is 6.92. The Morgan fingerprint density at radius 2 is 2.35 bits per heavy atom. The quantitative estimate of drug-likeness (QED) is 0.894. The Kier molecular flexibility index (Phi) is 6.72. The Bertz CT molecular complexity index is 444. The minimum atomic E-state index is -0.428. The summed E-state index contributed by atoms with van der Waals surface area (Å²) >= 11 is 5.97. The lowest BCUT2D eigenvalue weighted by atomic mass is 10.1. The van der Waals surface area contributed by atoms with Gasteiger partial charge in [-0.3, -0.25) is 4.79 Å². The SMILES string of the molecule is CC(NC(=O)CC1CCCN1)c1c(F)cccc1Cl.Cl. The van der Waals surface area contributed by atoms with Crippen LogP contribution in [0, 0.1) is 5.82 Å². The van der Waals surface area contributed by atoms with Crippen LogP contribution in [0.1, 0.15) is 37.8 Å². The van der Waals surface area contributed by atoms with Crippen molar-refractivity contribution in [2.75, 3.05) is 6.54 Å². The van der Waals surface area contributed by atoms with Gasteiger partial charge in [0.25, 0.3) is 0 Å². The highest BCUT2D eigenvalue weighted by atomic mass is 35.5.